The van der Waals surface area contributed by atoms with Crippen molar-refractivity contribution in [2.75, 3.05) is 25.0 Å². The summed E-state index contributed by atoms with van der Waals surface area (Å²) in [5.41, 5.74) is 1.21. The first-order valence-corrected chi connectivity index (χ1v) is 6.45. The predicted molar refractivity (Wildman–Crippen MR) is 69.8 cm³/mol. The van der Waals surface area contributed by atoms with Gasteiger partial charge >= 0.3 is 0 Å². The molecule has 0 aliphatic heterocycles. The Morgan fingerprint density at radius 2 is 1.81 bits per heavy atom. The van der Waals surface area contributed by atoms with Gasteiger partial charge in [-0.3, -0.25) is 0 Å². The first kappa shape index (κ1) is 11.5. The van der Waals surface area contributed by atoms with Gasteiger partial charge in [0.25, 0.3) is 0 Å². The van der Waals surface area contributed by atoms with Crippen LogP contribution >= 0.6 is 0 Å². The van der Waals surface area contributed by atoms with E-state index >= 15 is 0 Å². The summed E-state index contributed by atoms with van der Waals surface area (Å²) in [7, 11) is 0. The van der Waals surface area contributed by atoms with Gasteiger partial charge in [0.05, 0.1) is 0 Å². The topological polar surface area (TPSA) is 24.1 Å². The van der Waals surface area contributed by atoms with Crippen LogP contribution in [0.25, 0.3) is 0 Å². The molecule has 0 heterocycles. The van der Waals surface area contributed by atoms with Gasteiger partial charge in [-0.1, -0.05) is 31.0 Å². The molecule has 2 heteroatoms. The van der Waals surface area contributed by atoms with Crippen LogP contribution in [-0.4, -0.2) is 19.6 Å². The molecule has 1 aliphatic rings. The fourth-order valence-corrected chi connectivity index (χ4v) is 1.90. The number of hydrogen-bond acceptors (Lipinski definition) is 2. The number of nitrogens with one attached hydrogen (secondary N) is 2. The molecule has 1 aromatic carbocycles. The third-order valence-corrected chi connectivity index (χ3v) is 3.07. The Morgan fingerprint density at radius 3 is 2.56 bits per heavy atom. The van der Waals surface area contributed by atoms with E-state index in [0.29, 0.717) is 0 Å². The van der Waals surface area contributed by atoms with Gasteiger partial charge in [-0.2, -0.15) is 0 Å². The minimum atomic E-state index is 1.01. The molecule has 0 spiro atoms. The van der Waals surface area contributed by atoms with E-state index in [4.69, 9.17) is 0 Å². The minimum Gasteiger partial charge on any atom is -0.384 e. The zero-order valence-corrected chi connectivity index (χ0v) is 9.91. The van der Waals surface area contributed by atoms with Gasteiger partial charge in [-0.15, -0.1) is 0 Å². The number of anilines is 1. The van der Waals surface area contributed by atoms with Crippen LogP contribution in [0.2, 0.25) is 0 Å². The van der Waals surface area contributed by atoms with E-state index in [1.165, 1.54) is 37.9 Å². The van der Waals surface area contributed by atoms with Crippen molar-refractivity contribution in [2.45, 2.75) is 25.7 Å². The first-order chi connectivity index (χ1) is 7.95. The quantitative estimate of drug-likeness (QED) is 0.656. The van der Waals surface area contributed by atoms with Crippen LogP contribution in [-0.2, 0) is 0 Å². The lowest BCUT2D eigenvalue weighted by atomic mass is 10.2. The summed E-state index contributed by atoms with van der Waals surface area (Å²) in [6.45, 7) is 3.24. The molecule has 0 saturated heterocycles. The first-order valence-electron chi connectivity index (χ1n) is 6.45. The molecule has 2 N–H and O–H groups in total. The Balaban J connectivity index is 1.42. The standard InChI is InChI=1S/C14H22N2/c1-2-6-14(7-3-1)16-12-11-15-10-4-5-13-8-9-13/h1-3,6-7,13,15-16H,4-5,8-12H2. The second kappa shape index (κ2) is 6.54. The Bertz CT molecular complexity index is 280. The van der Waals surface area contributed by atoms with Crippen LogP contribution < -0.4 is 10.6 Å². The van der Waals surface area contributed by atoms with Gasteiger partial charge in [0.15, 0.2) is 0 Å². The van der Waals surface area contributed by atoms with Crippen molar-refractivity contribution < 1.29 is 0 Å². The Kier molecular flexibility index (Phi) is 4.69. The zero-order valence-electron chi connectivity index (χ0n) is 9.91. The molecule has 1 fully saturated rings. The van der Waals surface area contributed by atoms with Crippen LogP contribution in [0, 0.1) is 5.92 Å². The summed E-state index contributed by atoms with van der Waals surface area (Å²) in [6.07, 6.45) is 5.74. The van der Waals surface area contributed by atoms with Crippen LogP contribution in [0.4, 0.5) is 5.69 Å². The maximum Gasteiger partial charge on any atom is 0.0340 e. The normalized spacial score (nSPS) is 15.0. The Morgan fingerprint density at radius 1 is 1.00 bits per heavy atom. The molecule has 0 aromatic heterocycles. The maximum atomic E-state index is 3.48. The molecule has 0 radical (unpaired) electrons. The lowest BCUT2D eigenvalue weighted by molar-refractivity contribution is 0.601. The molecule has 1 saturated carbocycles. The Hall–Kier alpha value is -1.02. The highest BCUT2D eigenvalue weighted by atomic mass is 14.9. The third-order valence-electron chi connectivity index (χ3n) is 3.07. The molecule has 0 atom stereocenters. The number of rotatable bonds is 8. The van der Waals surface area contributed by atoms with Crippen LogP contribution in [0.15, 0.2) is 30.3 Å². The lowest BCUT2D eigenvalue weighted by Gasteiger charge is -2.07. The fraction of sp³-hybridized carbons (Fsp3) is 0.571. The average molecular weight is 218 g/mol. The smallest absolute Gasteiger partial charge is 0.0340 e. The molecular weight excluding hydrogens is 196 g/mol. The van der Waals surface area contributed by atoms with E-state index in [9.17, 15) is 0 Å². The third kappa shape index (κ3) is 4.67. The second-order valence-electron chi connectivity index (χ2n) is 4.63. The number of benzene rings is 1. The average Bonchev–Trinajstić information content (AvgIpc) is 3.13. The minimum absolute atomic E-state index is 1.01. The van der Waals surface area contributed by atoms with E-state index in [0.717, 1.165) is 19.0 Å². The van der Waals surface area contributed by atoms with Crippen LogP contribution in [0.3, 0.4) is 0 Å². The number of para-hydroxylation sites is 1. The molecule has 88 valence electrons. The van der Waals surface area contributed by atoms with E-state index in [-0.39, 0.29) is 0 Å². The van der Waals surface area contributed by atoms with Crippen molar-refractivity contribution in [1.29, 1.82) is 0 Å². The largest absolute Gasteiger partial charge is 0.384 e. The van der Waals surface area contributed by atoms with Gasteiger partial charge in [0, 0.05) is 18.8 Å². The summed E-state index contributed by atoms with van der Waals surface area (Å²) in [6, 6.07) is 10.4. The van der Waals surface area contributed by atoms with E-state index in [1.54, 1.807) is 0 Å². The summed E-state index contributed by atoms with van der Waals surface area (Å²) in [5, 5.41) is 6.87. The van der Waals surface area contributed by atoms with Crippen molar-refractivity contribution in [2.24, 2.45) is 5.92 Å². The predicted octanol–water partition coefficient (Wildman–Crippen LogP) is 2.88. The summed E-state index contributed by atoms with van der Waals surface area (Å²) < 4.78 is 0. The summed E-state index contributed by atoms with van der Waals surface area (Å²) >= 11 is 0. The van der Waals surface area contributed by atoms with E-state index < -0.39 is 0 Å². The van der Waals surface area contributed by atoms with Crippen LogP contribution in [0.5, 0.6) is 0 Å². The van der Waals surface area contributed by atoms with Gasteiger partial charge in [-0.05, 0) is 37.4 Å². The molecular formula is C14H22N2. The molecule has 2 nitrogen and oxygen atoms in total. The van der Waals surface area contributed by atoms with E-state index in [1.807, 2.05) is 6.07 Å². The molecule has 1 aromatic rings. The van der Waals surface area contributed by atoms with E-state index in [2.05, 4.69) is 34.9 Å². The van der Waals surface area contributed by atoms with Crippen molar-refractivity contribution in [1.82, 2.24) is 5.32 Å². The summed E-state index contributed by atoms with van der Waals surface area (Å²) in [5.74, 6) is 1.07. The molecule has 0 unspecified atom stereocenters. The summed E-state index contributed by atoms with van der Waals surface area (Å²) in [4.78, 5) is 0. The molecule has 0 amide bonds. The SMILES string of the molecule is c1ccc(NCCNCCCC2CC2)cc1. The molecule has 1 aliphatic carbocycles. The van der Waals surface area contributed by atoms with Gasteiger partial charge in [0.1, 0.15) is 0 Å². The highest BCUT2D eigenvalue weighted by molar-refractivity contribution is 5.42. The van der Waals surface area contributed by atoms with Crippen molar-refractivity contribution in [3.05, 3.63) is 30.3 Å². The van der Waals surface area contributed by atoms with Crippen molar-refractivity contribution >= 4 is 5.69 Å². The zero-order chi connectivity index (χ0) is 11.1. The van der Waals surface area contributed by atoms with Gasteiger partial charge in [0.2, 0.25) is 0 Å². The second-order valence-corrected chi connectivity index (χ2v) is 4.63. The van der Waals surface area contributed by atoms with Gasteiger partial charge in [-0.25, -0.2) is 0 Å². The highest BCUT2D eigenvalue weighted by Crippen LogP contribution is 2.33. The Labute approximate surface area is 98.4 Å². The molecule has 0 bridgehead atoms. The fourth-order valence-electron chi connectivity index (χ4n) is 1.90. The van der Waals surface area contributed by atoms with Gasteiger partial charge < -0.3 is 10.6 Å². The molecule has 16 heavy (non-hydrogen) atoms. The van der Waals surface area contributed by atoms with Crippen molar-refractivity contribution in [3.8, 4) is 0 Å². The number of hydrogen-bond donors (Lipinski definition) is 2. The molecule has 2 rings (SSSR count). The monoisotopic (exact) mass is 218 g/mol. The van der Waals surface area contributed by atoms with Crippen molar-refractivity contribution in [3.63, 3.8) is 0 Å². The highest BCUT2D eigenvalue weighted by Gasteiger charge is 2.19. The lowest BCUT2D eigenvalue weighted by Crippen LogP contribution is -2.23. The van der Waals surface area contributed by atoms with Crippen LogP contribution in [0.1, 0.15) is 25.7 Å². The maximum absolute atomic E-state index is 3.48.